The van der Waals surface area contributed by atoms with Crippen molar-refractivity contribution in [1.82, 2.24) is 0 Å². The molecule has 1 amide bonds. The fraction of sp³-hybridized carbons (Fsp3) is 0.222. The number of carbonyl (C=O) groups is 2. The minimum Gasteiger partial charge on any atom is -0.482 e. The Bertz CT molecular complexity index is 916. The van der Waals surface area contributed by atoms with Gasteiger partial charge in [0.05, 0.1) is 10.6 Å². The molecule has 1 aliphatic rings. The lowest BCUT2D eigenvalue weighted by atomic mass is 10.1. The number of esters is 1. The maximum Gasteiger partial charge on any atom is 0.326 e. The molecule has 0 unspecified atom stereocenters. The number of anilines is 1. The molecule has 1 atom stereocenters. The molecular formula is C18H15ClN2O6. The zero-order valence-corrected chi connectivity index (χ0v) is 15.0. The van der Waals surface area contributed by atoms with E-state index in [9.17, 15) is 19.7 Å². The number of nitro benzene ring substituents is 1. The Morgan fingerprint density at radius 1 is 1.37 bits per heavy atom. The first-order chi connectivity index (χ1) is 12.9. The van der Waals surface area contributed by atoms with Crippen molar-refractivity contribution in [2.75, 3.05) is 18.1 Å². The van der Waals surface area contributed by atoms with E-state index in [2.05, 4.69) is 0 Å². The number of carbonyl (C=O) groups excluding carboxylic acids is 2. The third kappa shape index (κ3) is 4.01. The van der Waals surface area contributed by atoms with E-state index in [0.29, 0.717) is 10.6 Å². The van der Waals surface area contributed by atoms with Gasteiger partial charge in [-0.05, 0) is 19.1 Å². The summed E-state index contributed by atoms with van der Waals surface area (Å²) < 4.78 is 10.6. The smallest absolute Gasteiger partial charge is 0.326 e. The molecule has 0 spiro atoms. The average Bonchev–Trinajstić information content (AvgIpc) is 2.63. The molecule has 2 aromatic rings. The molecule has 3 rings (SSSR count). The summed E-state index contributed by atoms with van der Waals surface area (Å²) in [6, 6.07) is 10.8. The van der Waals surface area contributed by atoms with Gasteiger partial charge in [0.2, 0.25) is 0 Å². The lowest BCUT2D eigenvalue weighted by Crippen LogP contribution is -2.42. The summed E-state index contributed by atoms with van der Waals surface area (Å²) in [5.74, 6) is -0.882. The summed E-state index contributed by atoms with van der Waals surface area (Å²) in [6.45, 7) is 1.00. The van der Waals surface area contributed by atoms with Gasteiger partial charge in [0.15, 0.2) is 6.61 Å². The fourth-order valence-corrected chi connectivity index (χ4v) is 3.00. The normalized spacial score (nSPS) is 14.1. The minimum absolute atomic E-state index is 0.155. The van der Waals surface area contributed by atoms with E-state index in [1.165, 1.54) is 18.2 Å². The predicted molar refractivity (Wildman–Crippen MR) is 96.9 cm³/mol. The lowest BCUT2D eigenvalue weighted by molar-refractivity contribution is -0.384. The summed E-state index contributed by atoms with van der Waals surface area (Å²) in [6.07, 6.45) is -0.619. The van der Waals surface area contributed by atoms with Crippen molar-refractivity contribution in [3.63, 3.8) is 0 Å². The maximum atomic E-state index is 12.3. The number of ether oxygens (including phenoxy) is 2. The zero-order chi connectivity index (χ0) is 19.6. The molecule has 0 saturated carbocycles. The van der Waals surface area contributed by atoms with Gasteiger partial charge in [-0.3, -0.25) is 24.6 Å². The second-order valence-electron chi connectivity index (χ2n) is 5.83. The summed E-state index contributed by atoms with van der Waals surface area (Å²) >= 11 is 6.10. The van der Waals surface area contributed by atoms with E-state index >= 15 is 0 Å². The maximum absolute atomic E-state index is 12.3. The van der Waals surface area contributed by atoms with Gasteiger partial charge in [0.1, 0.15) is 18.4 Å². The highest BCUT2D eigenvalue weighted by atomic mass is 35.5. The summed E-state index contributed by atoms with van der Waals surface area (Å²) in [5, 5.41) is 11.4. The van der Waals surface area contributed by atoms with Crippen LogP contribution in [0.5, 0.6) is 5.75 Å². The first kappa shape index (κ1) is 18.7. The number of hydrogen-bond acceptors (Lipinski definition) is 6. The Balaban J connectivity index is 1.78. The van der Waals surface area contributed by atoms with E-state index in [-0.39, 0.29) is 23.7 Å². The topological polar surface area (TPSA) is 99.0 Å². The number of non-ortho nitro benzene ring substituents is 1. The zero-order valence-electron chi connectivity index (χ0n) is 14.3. The van der Waals surface area contributed by atoms with Gasteiger partial charge >= 0.3 is 5.97 Å². The first-order valence-corrected chi connectivity index (χ1v) is 8.40. The Morgan fingerprint density at radius 3 is 2.81 bits per heavy atom. The largest absolute Gasteiger partial charge is 0.482 e. The highest BCUT2D eigenvalue weighted by Crippen LogP contribution is 2.35. The van der Waals surface area contributed by atoms with E-state index in [4.69, 9.17) is 21.1 Å². The number of nitrogens with zero attached hydrogens (tertiary/aromatic N) is 2. The molecule has 9 heteroatoms. The number of halogens is 1. The van der Waals surface area contributed by atoms with Crippen LogP contribution in [0.2, 0.25) is 5.02 Å². The van der Waals surface area contributed by atoms with Gasteiger partial charge in [0, 0.05) is 22.7 Å². The quantitative estimate of drug-likeness (QED) is 0.441. The van der Waals surface area contributed by atoms with E-state index in [1.807, 2.05) is 0 Å². The molecule has 0 saturated heterocycles. The second kappa shape index (κ2) is 7.63. The molecule has 1 heterocycles. The fourth-order valence-electron chi connectivity index (χ4n) is 2.71. The van der Waals surface area contributed by atoms with Gasteiger partial charge in [-0.25, -0.2) is 0 Å². The molecule has 0 radical (unpaired) electrons. The predicted octanol–water partition coefficient (Wildman–Crippen LogP) is 3.28. The monoisotopic (exact) mass is 390 g/mol. The lowest BCUT2D eigenvalue weighted by Gasteiger charge is -2.28. The molecule has 2 aromatic carbocycles. The Labute approximate surface area is 159 Å². The van der Waals surface area contributed by atoms with Crippen molar-refractivity contribution >= 4 is 34.9 Å². The molecule has 0 aliphatic carbocycles. The molecule has 0 fully saturated rings. The van der Waals surface area contributed by atoms with Crippen LogP contribution < -0.4 is 9.64 Å². The number of nitro groups is 1. The molecular weight excluding hydrogens is 376 g/mol. The third-order valence-electron chi connectivity index (χ3n) is 4.03. The van der Waals surface area contributed by atoms with Gasteiger partial charge < -0.3 is 9.47 Å². The number of benzene rings is 2. The average molecular weight is 391 g/mol. The molecule has 27 heavy (non-hydrogen) atoms. The standard InChI is InChI=1S/C18H15ClN2O6/c1-11(13-4-2-3-5-14(13)19)27-18(23)9-20-15-8-12(21(24)25)6-7-16(15)26-10-17(20)22/h2-8,11H,9-10H2,1H3/t11-/m0/s1. The molecule has 8 nitrogen and oxygen atoms in total. The second-order valence-corrected chi connectivity index (χ2v) is 6.24. The first-order valence-electron chi connectivity index (χ1n) is 8.02. The van der Waals surface area contributed by atoms with E-state index in [1.54, 1.807) is 31.2 Å². The number of fused-ring (bicyclic) bond motifs is 1. The summed E-state index contributed by atoms with van der Waals surface area (Å²) in [5.41, 5.74) is 0.578. The number of amides is 1. The van der Waals surface area contributed by atoms with Crippen LogP contribution in [0.3, 0.4) is 0 Å². The summed E-state index contributed by atoms with van der Waals surface area (Å²) in [4.78, 5) is 36.1. The summed E-state index contributed by atoms with van der Waals surface area (Å²) in [7, 11) is 0. The van der Waals surface area contributed by atoms with Crippen molar-refractivity contribution in [1.29, 1.82) is 0 Å². The Hall–Kier alpha value is -3.13. The van der Waals surface area contributed by atoms with Crippen LogP contribution in [-0.2, 0) is 14.3 Å². The molecule has 1 aliphatic heterocycles. The van der Waals surface area contributed by atoms with Gasteiger partial charge in [-0.15, -0.1) is 0 Å². The highest BCUT2D eigenvalue weighted by Gasteiger charge is 2.30. The van der Waals surface area contributed by atoms with Crippen LogP contribution in [0.4, 0.5) is 11.4 Å². The van der Waals surface area contributed by atoms with Crippen LogP contribution in [0.25, 0.3) is 0 Å². The third-order valence-corrected chi connectivity index (χ3v) is 4.38. The molecule has 0 bridgehead atoms. The van der Waals surface area contributed by atoms with Crippen LogP contribution in [0, 0.1) is 10.1 Å². The van der Waals surface area contributed by atoms with Crippen LogP contribution in [0.1, 0.15) is 18.6 Å². The molecule has 140 valence electrons. The van der Waals surface area contributed by atoms with Crippen molar-refractivity contribution in [3.05, 3.63) is 63.2 Å². The SMILES string of the molecule is C[C@H](OC(=O)CN1C(=O)COc2ccc([N+](=O)[O-])cc21)c1ccccc1Cl. The molecule has 0 aromatic heterocycles. The van der Waals surface area contributed by atoms with Gasteiger partial charge in [0.25, 0.3) is 11.6 Å². The Kier molecular flexibility index (Phi) is 5.27. The van der Waals surface area contributed by atoms with Crippen molar-refractivity contribution in [3.8, 4) is 5.75 Å². The highest BCUT2D eigenvalue weighted by molar-refractivity contribution is 6.31. The number of hydrogen-bond donors (Lipinski definition) is 0. The van der Waals surface area contributed by atoms with Crippen LogP contribution in [-0.4, -0.2) is 30.0 Å². The Morgan fingerprint density at radius 2 is 2.11 bits per heavy atom. The van der Waals surface area contributed by atoms with Crippen molar-refractivity contribution in [2.24, 2.45) is 0 Å². The number of rotatable bonds is 5. The minimum atomic E-state index is -0.671. The van der Waals surface area contributed by atoms with Gasteiger partial charge in [-0.2, -0.15) is 0 Å². The van der Waals surface area contributed by atoms with E-state index in [0.717, 1.165) is 4.90 Å². The van der Waals surface area contributed by atoms with Crippen LogP contribution >= 0.6 is 11.6 Å². The van der Waals surface area contributed by atoms with Crippen LogP contribution in [0.15, 0.2) is 42.5 Å². The van der Waals surface area contributed by atoms with E-state index < -0.39 is 29.4 Å². The van der Waals surface area contributed by atoms with Crippen molar-refractivity contribution < 1.29 is 24.0 Å². The van der Waals surface area contributed by atoms with Gasteiger partial charge in [-0.1, -0.05) is 29.8 Å². The van der Waals surface area contributed by atoms with Crippen molar-refractivity contribution in [2.45, 2.75) is 13.0 Å². The molecule has 0 N–H and O–H groups in total.